The first-order valence-electron chi connectivity index (χ1n) is 7.29. The molecule has 0 bridgehead atoms. The Morgan fingerprint density at radius 1 is 1.19 bits per heavy atom. The average molecular weight is 288 g/mol. The van der Waals surface area contributed by atoms with Crippen LogP contribution in [0, 0.1) is 0 Å². The van der Waals surface area contributed by atoms with Gasteiger partial charge in [-0.05, 0) is 6.92 Å². The largest absolute Gasteiger partial charge is 0.349 e. The number of rotatable bonds is 4. The van der Waals surface area contributed by atoms with Gasteiger partial charge in [0.1, 0.15) is 5.82 Å². The van der Waals surface area contributed by atoms with Crippen molar-refractivity contribution in [2.75, 3.05) is 31.1 Å². The van der Waals surface area contributed by atoms with Crippen molar-refractivity contribution in [2.45, 2.75) is 20.0 Å². The summed E-state index contributed by atoms with van der Waals surface area (Å²) in [4.78, 5) is 27.4. The highest BCUT2D eigenvalue weighted by molar-refractivity contribution is 5.35. The predicted molar refractivity (Wildman–Crippen MR) is 80.2 cm³/mol. The summed E-state index contributed by atoms with van der Waals surface area (Å²) in [5, 5.41) is 0. The molecule has 0 amide bonds. The molecule has 1 aliphatic heterocycles. The molecule has 7 nitrogen and oxygen atoms in total. The third-order valence-corrected chi connectivity index (χ3v) is 3.87. The first-order valence-corrected chi connectivity index (χ1v) is 7.29. The van der Waals surface area contributed by atoms with E-state index in [0.29, 0.717) is 5.82 Å². The van der Waals surface area contributed by atoms with Gasteiger partial charge in [-0.3, -0.25) is 9.69 Å². The molecule has 0 spiro atoms. The Morgan fingerprint density at radius 3 is 2.71 bits per heavy atom. The molecule has 0 saturated carbocycles. The molecule has 112 valence electrons. The number of piperazine rings is 1. The predicted octanol–water partition coefficient (Wildman–Crippen LogP) is 0.309. The van der Waals surface area contributed by atoms with Crippen molar-refractivity contribution in [1.29, 1.82) is 0 Å². The van der Waals surface area contributed by atoms with E-state index in [9.17, 15) is 4.79 Å². The first kappa shape index (κ1) is 13.8. The number of hydrogen-bond donors (Lipinski definition) is 1. The summed E-state index contributed by atoms with van der Waals surface area (Å²) >= 11 is 0. The standard InChI is InChI=1S/C14H20N6O/c1-2-19-6-5-15-12(19)11-18-7-9-20(10-8-18)13-14(21)17-4-3-16-13/h3-6H,2,7-11H2,1H3,(H,17,21). The molecule has 3 heterocycles. The Bertz CT molecular complexity index is 641. The van der Waals surface area contributed by atoms with Gasteiger partial charge in [-0.1, -0.05) is 0 Å². The van der Waals surface area contributed by atoms with Gasteiger partial charge in [0.2, 0.25) is 0 Å². The Balaban J connectivity index is 1.61. The number of anilines is 1. The van der Waals surface area contributed by atoms with E-state index in [2.05, 4.69) is 31.3 Å². The molecule has 7 heteroatoms. The topological polar surface area (TPSA) is 70.1 Å². The molecule has 0 atom stereocenters. The zero-order valence-corrected chi connectivity index (χ0v) is 12.2. The fourth-order valence-electron chi connectivity index (χ4n) is 2.67. The fraction of sp³-hybridized carbons (Fsp3) is 0.500. The van der Waals surface area contributed by atoms with Crippen molar-refractivity contribution in [2.24, 2.45) is 0 Å². The zero-order valence-electron chi connectivity index (χ0n) is 12.2. The van der Waals surface area contributed by atoms with Crippen molar-refractivity contribution in [3.63, 3.8) is 0 Å². The lowest BCUT2D eigenvalue weighted by atomic mass is 10.3. The number of hydrogen-bond acceptors (Lipinski definition) is 5. The maximum atomic E-state index is 11.8. The first-order chi connectivity index (χ1) is 10.3. The summed E-state index contributed by atoms with van der Waals surface area (Å²) in [5.41, 5.74) is -0.118. The lowest BCUT2D eigenvalue weighted by molar-refractivity contribution is 0.240. The molecule has 0 unspecified atom stereocenters. The number of imidazole rings is 1. The van der Waals surface area contributed by atoms with E-state index >= 15 is 0 Å². The van der Waals surface area contributed by atoms with Crippen LogP contribution in [0.2, 0.25) is 0 Å². The van der Waals surface area contributed by atoms with Crippen molar-refractivity contribution in [3.8, 4) is 0 Å². The van der Waals surface area contributed by atoms with E-state index < -0.39 is 0 Å². The highest BCUT2D eigenvalue weighted by atomic mass is 16.1. The normalized spacial score (nSPS) is 16.3. The van der Waals surface area contributed by atoms with E-state index in [0.717, 1.165) is 45.1 Å². The summed E-state index contributed by atoms with van der Waals surface area (Å²) in [6, 6.07) is 0. The second kappa shape index (κ2) is 6.09. The van der Waals surface area contributed by atoms with Gasteiger partial charge in [0.15, 0.2) is 5.82 Å². The van der Waals surface area contributed by atoms with Crippen LogP contribution in [0.4, 0.5) is 5.82 Å². The molecule has 0 radical (unpaired) electrons. The van der Waals surface area contributed by atoms with Gasteiger partial charge in [0.25, 0.3) is 5.56 Å². The highest BCUT2D eigenvalue weighted by Gasteiger charge is 2.20. The summed E-state index contributed by atoms with van der Waals surface area (Å²) in [7, 11) is 0. The minimum atomic E-state index is -0.118. The average Bonchev–Trinajstić information content (AvgIpc) is 2.96. The minimum absolute atomic E-state index is 0.118. The van der Waals surface area contributed by atoms with E-state index in [1.54, 1.807) is 12.4 Å². The van der Waals surface area contributed by atoms with Gasteiger partial charge < -0.3 is 14.5 Å². The van der Waals surface area contributed by atoms with Gasteiger partial charge in [0.05, 0.1) is 6.54 Å². The molecule has 1 aliphatic rings. The van der Waals surface area contributed by atoms with E-state index in [1.807, 2.05) is 17.3 Å². The molecule has 21 heavy (non-hydrogen) atoms. The van der Waals surface area contributed by atoms with Crippen LogP contribution in [0.15, 0.2) is 29.6 Å². The van der Waals surface area contributed by atoms with Crippen LogP contribution in [0.3, 0.4) is 0 Å². The van der Waals surface area contributed by atoms with Gasteiger partial charge in [-0.25, -0.2) is 9.97 Å². The van der Waals surface area contributed by atoms with Crippen LogP contribution in [-0.4, -0.2) is 50.6 Å². The quantitative estimate of drug-likeness (QED) is 0.877. The molecule has 2 aromatic rings. The van der Waals surface area contributed by atoms with Crippen LogP contribution >= 0.6 is 0 Å². The van der Waals surface area contributed by atoms with Crippen LogP contribution in [-0.2, 0) is 13.1 Å². The number of aryl methyl sites for hydroxylation is 1. The summed E-state index contributed by atoms with van der Waals surface area (Å²) in [5.74, 6) is 1.62. The number of aromatic nitrogens is 4. The number of aromatic amines is 1. The van der Waals surface area contributed by atoms with Crippen molar-refractivity contribution in [1.82, 2.24) is 24.4 Å². The van der Waals surface area contributed by atoms with Gasteiger partial charge in [-0.2, -0.15) is 0 Å². The van der Waals surface area contributed by atoms with Crippen molar-refractivity contribution in [3.05, 3.63) is 41.0 Å². The van der Waals surface area contributed by atoms with Gasteiger partial charge >= 0.3 is 0 Å². The lowest BCUT2D eigenvalue weighted by Crippen LogP contribution is -2.48. The number of H-pyrrole nitrogens is 1. The molecule has 3 rings (SSSR count). The third kappa shape index (κ3) is 2.97. The number of nitrogens with one attached hydrogen (secondary N) is 1. The SMILES string of the molecule is CCn1ccnc1CN1CCN(c2ncc[nH]c2=O)CC1. The second-order valence-electron chi connectivity index (χ2n) is 5.13. The lowest BCUT2D eigenvalue weighted by Gasteiger charge is -2.34. The van der Waals surface area contributed by atoms with Crippen LogP contribution in [0.5, 0.6) is 0 Å². The molecular formula is C14H20N6O. The molecule has 0 aromatic carbocycles. The Morgan fingerprint density at radius 2 is 2.00 bits per heavy atom. The minimum Gasteiger partial charge on any atom is -0.349 e. The van der Waals surface area contributed by atoms with E-state index in [-0.39, 0.29) is 5.56 Å². The molecule has 1 N–H and O–H groups in total. The maximum absolute atomic E-state index is 11.8. The Hall–Kier alpha value is -2.15. The summed E-state index contributed by atoms with van der Waals surface area (Å²) in [6.07, 6.45) is 7.05. The fourth-order valence-corrected chi connectivity index (χ4v) is 2.67. The third-order valence-electron chi connectivity index (χ3n) is 3.87. The maximum Gasteiger partial charge on any atom is 0.290 e. The van der Waals surface area contributed by atoms with Crippen LogP contribution in [0.25, 0.3) is 0 Å². The van der Waals surface area contributed by atoms with Crippen LogP contribution in [0.1, 0.15) is 12.7 Å². The van der Waals surface area contributed by atoms with Gasteiger partial charge in [-0.15, -0.1) is 0 Å². The molecular weight excluding hydrogens is 268 g/mol. The van der Waals surface area contributed by atoms with E-state index in [1.165, 1.54) is 0 Å². The van der Waals surface area contributed by atoms with Crippen molar-refractivity contribution >= 4 is 5.82 Å². The molecule has 1 saturated heterocycles. The summed E-state index contributed by atoms with van der Waals surface area (Å²) < 4.78 is 2.16. The highest BCUT2D eigenvalue weighted by Crippen LogP contribution is 2.10. The second-order valence-corrected chi connectivity index (χ2v) is 5.13. The molecule has 0 aliphatic carbocycles. The summed E-state index contributed by atoms with van der Waals surface area (Å²) in [6.45, 7) is 7.36. The number of nitrogens with zero attached hydrogens (tertiary/aromatic N) is 5. The van der Waals surface area contributed by atoms with Gasteiger partial charge in [0, 0.05) is 57.5 Å². The molecule has 2 aromatic heterocycles. The zero-order chi connectivity index (χ0) is 14.7. The smallest absolute Gasteiger partial charge is 0.290 e. The van der Waals surface area contributed by atoms with E-state index in [4.69, 9.17) is 0 Å². The monoisotopic (exact) mass is 288 g/mol. The van der Waals surface area contributed by atoms with Crippen molar-refractivity contribution < 1.29 is 0 Å². The Labute approximate surface area is 123 Å². The molecule has 1 fully saturated rings. The Kier molecular flexibility index (Phi) is 4.01. The van der Waals surface area contributed by atoms with Crippen LogP contribution < -0.4 is 10.5 Å².